The molecule has 1 aliphatic heterocycles. The van der Waals surface area contributed by atoms with Crippen molar-refractivity contribution in [1.82, 2.24) is 24.5 Å². The number of fused-ring (bicyclic) bond motifs is 4. The van der Waals surface area contributed by atoms with Crippen molar-refractivity contribution in [3.63, 3.8) is 0 Å². The van der Waals surface area contributed by atoms with Crippen molar-refractivity contribution in [3.05, 3.63) is 74.6 Å². The quantitative estimate of drug-likeness (QED) is 0.502. The van der Waals surface area contributed by atoms with E-state index >= 15 is 0 Å². The van der Waals surface area contributed by atoms with Gasteiger partial charge in [-0.15, -0.1) is 10.2 Å². The number of nitrogens with one attached hydrogen (secondary N) is 1. The molecule has 1 saturated carbocycles. The highest BCUT2D eigenvalue weighted by atomic mass is 19.3. The van der Waals surface area contributed by atoms with E-state index < -0.39 is 17.4 Å². The fourth-order valence-electron chi connectivity index (χ4n) is 4.87. The number of rotatable bonds is 2. The van der Waals surface area contributed by atoms with Crippen LogP contribution >= 0.6 is 0 Å². The molecule has 0 radical (unpaired) electrons. The number of H-pyrrole nitrogens is 1. The van der Waals surface area contributed by atoms with E-state index in [1.165, 1.54) is 10.5 Å². The first kappa shape index (κ1) is 20.0. The molecule has 2 aromatic heterocycles. The Kier molecular flexibility index (Phi) is 4.03. The van der Waals surface area contributed by atoms with E-state index in [0.717, 1.165) is 5.56 Å². The minimum Gasteiger partial charge on any atom is -0.330 e. The fourth-order valence-corrected chi connectivity index (χ4v) is 4.87. The first-order valence-electron chi connectivity index (χ1n) is 10.6. The third kappa shape index (κ3) is 2.96. The van der Waals surface area contributed by atoms with E-state index in [1.54, 1.807) is 36.1 Å². The first-order chi connectivity index (χ1) is 15.7. The zero-order valence-corrected chi connectivity index (χ0v) is 17.5. The summed E-state index contributed by atoms with van der Waals surface area (Å²) < 4.78 is 42.6. The molecule has 6 rings (SSSR count). The van der Waals surface area contributed by atoms with Gasteiger partial charge >= 0.3 is 0 Å². The van der Waals surface area contributed by atoms with Crippen molar-refractivity contribution < 1.29 is 18.0 Å². The van der Waals surface area contributed by atoms with Crippen molar-refractivity contribution in [2.75, 3.05) is 0 Å². The fraction of sp³-hybridized carbons (Fsp3) is 0.304. The van der Waals surface area contributed by atoms with Crippen LogP contribution in [0, 0.1) is 12.7 Å². The summed E-state index contributed by atoms with van der Waals surface area (Å²) in [5.74, 6) is -3.55. The predicted octanol–water partition coefficient (Wildman–Crippen LogP) is 3.69. The van der Waals surface area contributed by atoms with Crippen LogP contribution in [0.15, 0.2) is 35.1 Å². The lowest BCUT2D eigenvalue weighted by molar-refractivity contribution is -0.0886. The molecule has 1 fully saturated rings. The number of halogens is 3. The maximum Gasteiger partial charge on any atom is 0.294 e. The lowest BCUT2D eigenvalue weighted by atomic mass is 9.81. The molecule has 7 nitrogen and oxygen atoms in total. The third-order valence-electron chi connectivity index (χ3n) is 6.62. The Morgan fingerprint density at radius 2 is 1.97 bits per heavy atom. The Labute approximate surface area is 184 Å². The molecular formula is C23H18F3N5O2. The zero-order valence-electron chi connectivity index (χ0n) is 17.5. The average molecular weight is 453 g/mol. The topological polar surface area (TPSA) is 83.4 Å². The van der Waals surface area contributed by atoms with E-state index in [0.29, 0.717) is 40.1 Å². The summed E-state index contributed by atoms with van der Waals surface area (Å²) in [5, 5.41) is 7.94. The molecule has 4 aromatic rings. The standard InChI is InChI=1S/C23H18F3N5O2/c1-11-5-18-17(6-14(11)22(33)30-9-12-3-2-4-16(24)15(12)10-30)27-21(32)20-29-28-19(31(18)20)13-7-23(25,26)8-13/h2-6,13H,7-10H2,1H3,(H,27,32). The molecule has 2 aromatic carbocycles. The molecule has 0 unspecified atom stereocenters. The van der Waals surface area contributed by atoms with Gasteiger partial charge in [0.1, 0.15) is 11.6 Å². The third-order valence-corrected chi connectivity index (χ3v) is 6.62. The van der Waals surface area contributed by atoms with E-state index in [9.17, 15) is 22.8 Å². The number of benzene rings is 2. The van der Waals surface area contributed by atoms with Crippen molar-refractivity contribution in [1.29, 1.82) is 0 Å². The minimum absolute atomic E-state index is 0.0247. The maximum atomic E-state index is 14.1. The molecule has 3 heterocycles. The number of aromatic nitrogens is 4. The minimum atomic E-state index is -2.74. The largest absolute Gasteiger partial charge is 0.330 e. The van der Waals surface area contributed by atoms with Gasteiger partial charge in [0.25, 0.3) is 11.5 Å². The molecule has 0 bridgehead atoms. The first-order valence-corrected chi connectivity index (χ1v) is 10.6. The Balaban J connectivity index is 1.43. The lowest BCUT2D eigenvalue weighted by Crippen LogP contribution is -2.35. The van der Waals surface area contributed by atoms with Gasteiger partial charge in [0, 0.05) is 43.0 Å². The average Bonchev–Trinajstić information content (AvgIpc) is 3.38. The van der Waals surface area contributed by atoms with Crippen LogP contribution in [0.1, 0.15) is 51.6 Å². The van der Waals surface area contributed by atoms with Gasteiger partial charge in [-0.05, 0) is 36.2 Å². The maximum absolute atomic E-state index is 14.1. The van der Waals surface area contributed by atoms with Crippen LogP contribution in [-0.4, -0.2) is 36.3 Å². The summed E-state index contributed by atoms with van der Waals surface area (Å²) in [6.45, 7) is 2.22. The molecule has 1 amide bonds. The van der Waals surface area contributed by atoms with Gasteiger partial charge in [-0.1, -0.05) is 12.1 Å². The summed E-state index contributed by atoms with van der Waals surface area (Å²) in [5.41, 5.74) is 2.68. The molecule has 0 spiro atoms. The summed E-state index contributed by atoms with van der Waals surface area (Å²) in [6, 6.07) is 8.09. The van der Waals surface area contributed by atoms with Crippen LogP contribution in [0.5, 0.6) is 0 Å². The van der Waals surface area contributed by atoms with Crippen LogP contribution < -0.4 is 5.56 Å². The molecule has 168 valence electrons. The summed E-state index contributed by atoms with van der Waals surface area (Å²) in [6.07, 6.45) is -0.687. The molecule has 33 heavy (non-hydrogen) atoms. The summed E-state index contributed by atoms with van der Waals surface area (Å²) >= 11 is 0. The number of amides is 1. The second-order valence-electron chi connectivity index (χ2n) is 8.86. The van der Waals surface area contributed by atoms with Crippen molar-refractivity contribution in [2.45, 2.75) is 44.7 Å². The van der Waals surface area contributed by atoms with Gasteiger partial charge in [-0.25, -0.2) is 13.2 Å². The monoisotopic (exact) mass is 453 g/mol. The van der Waals surface area contributed by atoms with Crippen molar-refractivity contribution in [2.24, 2.45) is 0 Å². The van der Waals surface area contributed by atoms with Crippen molar-refractivity contribution in [3.8, 4) is 0 Å². The number of aryl methyl sites for hydroxylation is 1. The van der Waals surface area contributed by atoms with Gasteiger partial charge in [-0.2, -0.15) is 0 Å². The van der Waals surface area contributed by atoms with E-state index in [2.05, 4.69) is 15.2 Å². The normalized spacial score (nSPS) is 17.5. The second-order valence-corrected chi connectivity index (χ2v) is 8.86. The van der Waals surface area contributed by atoms with E-state index in [-0.39, 0.29) is 36.8 Å². The van der Waals surface area contributed by atoms with Crippen molar-refractivity contribution >= 4 is 22.6 Å². The van der Waals surface area contributed by atoms with Gasteiger partial charge < -0.3 is 9.88 Å². The number of hydrogen-bond donors (Lipinski definition) is 1. The molecule has 10 heteroatoms. The highest BCUT2D eigenvalue weighted by Crippen LogP contribution is 2.47. The molecule has 0 atom stereocenters. The van der Waals surface area contributed by atoms with Gasteiger partial charge in [0.05, 0.1) is 11.0 Å². The molecule has 1 aliphatic carbocycles. The number of nitrogens with zero attached hydrogens (tertiary/aromatic N) is 4. The smallest absolute Gasteiger partial charge is 0.294 e. The zero-order chi connectivity index (χ0) is 23.1. The Hall–Kier alpha value is -3.69. The predicted molar refractivity (Wildman–Crippen MR) is 113 cm³/mol. The van der Waals surface area contributed by atoms with Crippen LogP contribution in [0.25, 0.3) is 16.7 Å². The molecule has 1 N–H and O–H groups in total. The Morgan fingerprint density at radius 1 is 1.18 bits per heavy atom. The molecule has 0 saturated heterocycles. The highest BCUT2D eigenvalue weighted by Gasteiger charge is 2.48. The second kappa shape index (κ2) is 6.66. The Morgan fingerprint density at radius 3 is 2.70 bits per heavy atom. The van der Waals surface area contributed by atoms with Gasteiger partial charge in [-0.3, -0.25) is 14.0 Å². The number of alkyl halides is 2. The van der Waals surface area contributed by atoms with Gasteiger partial charge in [0.15, 0.2) is 0 Å². The SMILES string of the molecule is Cc1cc2c(cc1C(=O)N1Cc3cccc(F)c3C1)[nH]c(=O)c1nnc(C3CC(F)(F)C3)n12. The van der Waals surface area contributed by atoms with E-state index in [4.69, 9.17) is 0 Å². The number of carbonyl (C=O) groups is 1. The number of hydrogen-bond acceptors (Lipinski definition) is 4. The summed E-state index contributed by atoms with van der Waals surface area (Å²) in [4.78, 5) is 30.2. The lowest BCUT2D eigenvalue weighted by Gasteiger charge is -2.33. The highest BCUT2D eigenvalue weighted by molar-refractivity contribution is 5.99. The molecule has 2 aliphatic rings. The molecular weight excluding hydrogens is 435 g/mol. The van der Waals surface area contributed by atoms with Gasteiger partial charge in [0.2, 0.25) is 11.6 Å². The number of aromatic amines is 1. The van der Waals surface area contributed by atoms with Crippen LogP contribution in [0.4, 0.5) is 13.2 Å². The van der Waals surface area contributed by atoms with Crippen LogP contribution in [0.2, 0.25) is 0 Å². The summed E-state index contributed by atoms with van der Waals surface area (Å²) in [7, 11) is 0. The van der Waals surface area contributed by atoms with E-state index in [1.807, 2.05) is 0 Å². The van der Waals surface area contributed by atoms with Crippen LogP contribution in [-0.2, 0) is 13.1 Å². The Bertz CT molecular complexity index is 1530. The number of carbonyl (C=O) groups excluding carboxylic acids is 1. The van der Waals surface area contributed by atoms with Crippen LogP contribution in [0.3, 0.4) is 0 Å².